The van der Waals surface area contributed by atoms with E-state index < -0.39 is 10.8 Å². The maximum Gasteiger partial charge on any atom is 0.273 e. The second kappa shape index (κ2) is 9.72. The number of carbonyl (C=O) groups is 2. The third-order valence-corrected chi connectivity index (χ3v) is 4.81. The molecule has 0 spiro atoms. The summed E-state index contributed by atoms with van der Waals surface area (Å²) in [6.45, 7) is 3.92. The monoisotopic (exact) mass is 387 g/mol. The molecule has 0 atom stereocenters. The molecule has 2 N–H and O–H groups in total. The molecule has 7 nitrogen and oxygen atoms in total. The lowest BCUT2D eigenvalue weighted by molar-refractivity contribution is -0.385. The number of nitrogens with one attached hydrogen (secondary N) is 2. The van der Waals surface area contributed by atoms with Crippen molar-refractivity contribution in [1.82, 2.24) is 10.6 Å². The lowest BCUT2D eigenvalue weighted by Crippen LogP contribution is -2.37. The highest BCUT2D eigenvalue weighted by Gasteiger charge is 2.15. The van der Waals surface area contributed by atoms with Crippen molar-refractivity contribution in [2.75, 3.05) is 18.8 Å². The fraction of sp³-hybridized carbons (Fsp3) is 0.263. The Kier molecular flexibility index (Phi) is 7.36. The molecule has 142 valence electrons. The normalized spacial score (nSPS) is 10.3. The number of hydrogen-bond donors (Lipinski definition) is 2. The first kappa shape index (κ1) is 20.4. The molecule has 0 fully saturated rings. The van der Waals surface area contributed by atoms with Crippen LogP contribution in [0.3, 0.4) is 0 Å². The number of aryl methyl sites for hydroxylation is 2. The first-order valence-electron chi connectivity index (χ1n) is 8.36. The lowest BCUT2D eigenvalue weighted by atomic mass is 10.1. The van der Waals surface area contributed by atoms with Gasteiger partial charge in [-0.2, -0.15) is 0 Å². The molecule has 0 saturated heterocycles. The van der Waals surface area contributed by atoms with Gasteiger partial charge in [-0.3, -0.25) is 19.7 Å². The maximum absolute atomic E-state index is 12.1. The van der Waals surface area contributed by atoms with E-state index in [1.165, 1.54) is 23.8 Å². The summed E-state index contributed by atoms with van der Waals surface area (Å²) in [5, 5.41) is 16.1. The predicted molar refractivity (Wildman–Crippen MR) is 105 cm³/mol. The van der Waals surface area contributed by atoms with Crippen molar-refractivity contribution in [3.8, 4) is 0 Å². The highest BCUT2D eigenvalue weighted by Crippen LogP contribution is 2.19. The molecule has 0 heterocycles. The molecule has 0 unspecified atom stereocenters. The molecule has 0 bridgehead atoms. The van der Waals surface area contributed by atoms with Crippen LogP contribution < -0.4 is 10.6 Å². The van der Waals surface area contributed by atoms with E-state index in [4.69, 9.17) is 0 Å². The summed E-state index contributed by atoms with van der Waals surface area (Å²) in [4.78, 5) is 35.4. The van der Waals surface area contributed by atoms with Gasteiger partial charge < -0.3 is 10.6 Å². The summed E-state index contributed by atoms with van der Waals surface area (Å²) < 4.78 is 0. The predicted octanol–water partition coefficient (Wildman–Crippen LogP) is 2.85. The Morgan fingerprint density at radius 3 is 2.44 bits per heavy atom. The van der Waals surface area contributed by atoms with Gasteiger partial charge in [0.25, 0.3) is 11.6 Å². The minimum atomic E-state index is -0.537. The van der Waals surface area contributed by atoms with Crippen LogP contribution in [0.2, 0.25) is 0 Å². The molecule has 8 heteroatoms. The van der Waals surface area contributed by atoms with Crippen molar-refractivity contribution in [1.29, 1.82) is 0 Å². The van der Waals surface area contributed by atoms with Gasteiger partial charge in [0.2, 0.25) is 5.91 Å². The van der Waals surface area contributed by atoms with Crippen LogP contribution in [0.1, 0.15) is 21.5 Å². The summed E-state index contributed by atoms with van der Waals surface area (Å²) in [6.07, 6.45) is 0. The minimum absolute atomic E-state index is 0.125. The van der Waals surface area contributed by atoms with Gasteiger partial charge in [-0.05, 0) is 32.0 Å². The SMILES string of the molecule is Cc1ccc(SCCNC(=O)CNC(=O)c2ccc(C)c([N+](=O)[O-])c2)cc1. The van der Waals surface area contributed by atoms with Crippen molar-refractivity contribution in [2.45, 2.75) is 18.7 Å². The van der Waals surface area contributed by atoms with Crippen molar-refractivity contribution < 1.29 is 14.5 Å². The smallest absolute Gasteiger partial charge is 0.273 e. The van der Waals surface area contributed by atoms with E-state index in [1.54, 1.807) is 18.7 Å². The van der Waals surface area contributed by atoms with Gasteiger partial charge in [-0.1, -0.05) is 23.8 Å². The van der Waals surface area contributed by atoms with Gasteiger partial charge in [0.05, 0.1) is 11.5 Å². The number of amides is 2. The van der Waals surface area contributed by atoms with Crippen LogP contribution >= 0.6 is 11.8 Å². The number of carbonyl (C=O) groups excluding carboxylic acids is 2. The van der Waals surface area contributed by atoms with Crippen LogP contribution in [0.15, 0.2) is 47.4 Å². The Hall–Kier alpha value is -2.87. The first-order chi connectivity index (χ1) is 12.9. The number of nitrogens with zero attached hydrogens (tertiary/aromatic N) is 1. The van der Waals surface area contributed by atoms with Crippen LogP contribution in [0.4, 0.5) is 5.69 Å². The Balaban J connectivity index is 1.73. The van der Waals surface area contributed by atoms with Crippen LogP contribution in [0, 0.1) is 24.0 Å². The van der Waals surface area contributed by atoms with E-state index in [2.05, 4.69) is 10.6 Å². The zero-order valence-corrected chi connectivity index (χ0v) is 16.0. The van der Waals surface area contributed by atoms with E-state index in [0.29, 0.717) is 17.9 Å². The fourth-order valence-corrected chi connectivity index (χ4v) is 3.03. The van der Waals surface area contributed by atoms with E-state index in [1.807, 2.05) is 31.2 Å². The van der Waals surface area contributed by atoms with E-state index >= 15 is 0 Å². The van der Waals surface area contributed by atoms with Crippen molar-refractivity contribution in [2.24, 2.45) is 0 Å². The van der Waals surface area contributed by atoms with Gasteiger partial charge in [0, 0.05) is 34.4 Å². The second-order valence-corrected chi connectivity index (χ2v) is 7.12. The van der Waals surface area contributed by atoms with Gasteiger partial charge in [0.1, 0.15) is 0 Å². The molecule has 0 aromatic heterocycles. The largest absolute Gasteiger partial charge is 0.354 e. The number of nitro groups is 1. The molecule has 2 aromatic rings. The lowest BCUT2D eigenvalue weighted by Gasteiger charge is -2.08. The zero-order valence-electron chi connectivity index (χ0n) is 15.2. The topological polar surface area (TPSA) is 101 Å². The Labute approximate surface area is 161 Å². The molecule has 0 aliphatic heterocycles. The summed E-state index contributed by atoms with van der Waals surface area (Å²) in [5.41, 5.74) is 1.69. The molecule has 27 heavy (non-hydrogen) atoms. The van der Waals surface area contributed by atoms with Crippen LogP contribution in [0.25, 0.3) is 0 Å². The third-order valence-electron chi connectivity index (χ3n) is 3.79. The molecular formula is C19H21N3O4S. The van der Waals surface area contributed by atoms with Crippen LogP contribution in [0.5, 0.6) is 0 Å². The quantitative estimate of drug-likeness (QED) is 0.314. The van der Waals surface area contributed by atoms with E-state index in [9.17, 15) is 19.7 Å². The Bertz CT molecular complexity index is 837. The zero-order chi connectivity index (χ0) is 19.8. The highest BCUT2D eigenvalue weighted by atomic mass is 32.2. The van der Waals surface area contributed by atoms with Gasteiger partial charge >= 0.3 is 0 Å². The van der Waals surface area contributed by atoms with Crippen molar-refractivity contribution >= 4 is 29.3 Å². The molecule has 0 radical (unpaired) electrons. The molecule has 0 aliphatic carbocycles. The molecule has 2 amide bonds. The molecular weight excluding hydrogens is 366 g/mol. The molecule has 0 aliphatic rings. The average Bonchev–Trinajstić information content (AvgIpc) is 2.64. The van der Waals surface area contributed by atoms with Gasteiger partial charge in [-0.15, -0.1) is 11.8 Å². The molecule has 2 rings (SSSR count). The van der Waals surface area contributed by atoms with Crippen LogP contribution in [-0.2, 0) is 4.79 Å². The molecule has 2 aromatic carbocycles. The second-order valence-electron chi connectivity index (χ2n) is 5.95. The summed E-state index contributed by atoms with van der Waals surface area (Å²) in [5.74, 6) is -0.121. The number of hydrogen-bond acceptors (Lipinski definition) is 5. The van der Waals surface area contributed by atoms with Crippen molar-refractivity contribution in [3.63, 3.8) is 0 Å². The van der Waals surface area contributed by atoms with E-state index in [0.717, 1.165) is 4.90 Å². The fourth-order valence-electron chi connectivity index (χ4n) is 2.27. The maximum atomic E-state index is 12.1. The molecule has 0 saturated carbocycles. The summed E-state index contributed by atoms with van der Waals surface area (Å²) >= 11 is 1.63. The number of nitro benzene ring substituents is 1. The number of rotatable bonds is 8. The average molecular weight is 387 g/mol. The summed E-state index contributed by atoms with van der Waals surface area (Å²) in [6, 6.07) is 12.3. The first-order valence-corrected chi connectivity index (χ1v) is 9.35. The van der Waals surface area contributed by atoms with Crippen LogP contribution in [-0.4, -0.2) is 35.6 Å². The third kappa shape index (κ3) is 6.41. The van der Waals surface area contributed by atoms with Gasteiger partial charge in [0.15, 0.2) is 0 Å². The van der Waals surface area contributed by atoms with Crippen molar-refractivity contribution in [3.05, 3.63) is 69.3 Å². The highest BCUT2D eigenvalue weighted by molar-refractivity contribution is 7.99. The number of benzene rings is 2. The Morgan fingerprint density at radius 1 is 1.07 bits per heavy atom. The number of thioether (sulfide) groups is 1. The van der Waals surface area contributed by atoms with Gasteiger partial charge in [-0.25, -0.2) is 0 Å². The minimum Gasteiger partial charge on any atom is -0.354 e. The van der Waals surface area contributed by atoms with E-state index in [-0.39, 0.29) is 23.7 Å². The standard InChI is InChI=1S/C19H21N3O4S/c1-13-3-7-16(8-4-13)27-10-9-20-18(23)12-21-19(24)15-6-5-14(2)17(11-15)22(25)26/h3-8,11H,9-10,12H2,1-2H3,(H,20,23)(H,21,24). The summed E-state index contributed by atoms with van der Waals surface area (Å²) in [7, 11) is 0. The Morgan fingerprint density at radius 2 is 1.78 bits per heavy atom.